The van der Waals surface area contributed by atoms with Crippen molar-refractivity contribution in [2.75, 3.05) is 13.1 Å². The Labute approximate surface area is 121 Å². The molecule has 1 aliphatic rings. The Kier molecular flexibility index (Phi) is 4.90. The van der Waals surface area contributed by atoms with Gasteiger partial charge in [-0.1, -0.05) is 18.2 Å². The molecule has 1 saturated heterocycles. The average molecular weight is 322 g/mol. The highest BCUT2D eigenvalue weighted by Gasteiger charge is 2.34. The molecule has 1 fully saturated rings. The van der Waals surface area contributed by atoms with Crippen LogP contribution in [-0.2, 0) is 22.0 Å². The molecular weight excluding hydrogens is 305 g/mol. The van der Waals surface area contributed by atoms with Crippen LogP contribution in [0, 0.1) is 0 Å². The normalized spacial score (nSPS) is 20.4. The summed E-state index contributed by atoms with van der Waals surface area (Å²) < 4.78 is 65.1. The lowest BCUT2D eigenvalue weighted by molar-refractivity contribution is -0.138. The van der Waals surface area contributed by atoms with E-state index < -0.39 is 27.5 Å². The van der Waals surface area contributed by atoms with Crippen LogP contribution in [0.4, 0.5) is 13.2 Å². The third-order valence-corrected chi connectivity index (χ3v) is 4.69. The summed E-state index contributed by atoms with van der Waals surface area (Å²) in [5.74, 6) is -0.667. The van der Waals surface area contributed by atoms with Gasteiger partial charge in [0.2, 0.25) is 10.0 Å². The van der Waals surface area contributed by atoms with Crippen molar-refractivity contribution in [2.24, 2.45) is 0 Å². The van der Waals surface area contributed by atoms with Gasteiger partial charge in [-0.25, -0.2) is 13.1 Å². The third kappa shape index (κ3) is 4.69. The molecule has 0 saturated carbocycles. The number of piperidine rings is 1. The van der Waals surface area contributed by atoms with E-state index >= 15 is 0 Å². The molecule has 1 heterocycles. The molecule has 21 heavy (non-hydrogen) atoms. The summed E-state index contributed by atoms with van der Waals surface area (Å²) >= 11 is 0. The van der Waals surface area contributed by atoms with E-state index in [1.807, 2.05) is 0 Å². The second kappa shape index (κ2) is 6.33. The highest BCUT2D eigenvalue weighted by molar-refractivity contribution is 7.88. The molecule has 1 atom stereocenters. The minimum absolute atomic E-state index is 0.235. The predicted molar refractivity (Wildman–Crippen MR) is 73.1 cm³/mol. The van der Waals surface area contributed by atoms with Gasteiger partial charge in [0.25, 0.3) is 0 Å². The second-order valence-corrected chi connectivity index (χ2v) is 6.83. The molecule has 8 heteroatoms. The van der Waals surface area contributed by atoms with E-state index in [1.54, 1.807) is 0 Å². The van der Waals surface area contributed by atoms with Crippen LogP contribution in [0.15, 0.2) is 24.3 Å². The van der Waals surface area contributed by atoms with Crippen LogP contribution >= 0.6 is 0 Å². The van der Waals surface area contributed by atoms with Gasteiger partial charge in [-0.05, 0) is 31.0 Å². The molecule has 4 nitrogen and oxygen atoms in total. The minimum atomic E-state index is -4.56. The Bertz CT molecular complexity index is 581. The third-order valence-electron chi connectivity index (χ3n) is 3.31. The molecule has 0 aliphatic carbocycles. The van der Waals surface area contributed by atoms with E-state index in [4.69, 9.17) is 0 Å². The molecule has 0 spiro atoms. The number of hydrogen-bond acceptors (Lipinski definition) is 3. The Balaban J connectivity index is 2.13. The number of hydrogen-bond donors (Lipinski definition) is 2. The SMILES string of the molecule is O=S(=O)(Cc1ccccc1C(F)(F)F)N[C@@H]1CCCNC1. The van der Waals surface area contributed by atoms with Gasteiger partial charge in [0.1, 0.15) is 0 Å². The first kappa shape index (κ1) is 16.3. The molecule has 2 rings (SSSR count). The fraction of sp³-hybridized carbons (Fsp3) is 0.538. The summed E-state index contributed by atoms with van der Waals surface area (Å²) in [7, 11) is -3.81. The van der Waals surface area contributed by atoms with Crippen LogP contribution in [0.25, 0.3) is 0 Å². The summed E-state index contributed by atoms with van der Waals surface area (Å²) in [5, 5.41) is 3.05. The summed E-state index contributed by atoms with van der Waals surface area (Å²) in [4.78, 5) is 0. The first-order valence-electron chi connectivity index (χ1n) is 6.64. The molecule has 0 amide bonds. The van der Waals surface area contributed by atoms with Crippen LogP contribution in [0.3, 0.4) is 0 Å². The van der Waals surface area contributed by atoms with Crippen molar-refractivity contribution in [1.29, 1.82) is 0 Å². The van der Waals surface area contributed by atoms with E-state index in [2.05, 4.69) is 10.0 Å². The number of benzene rings is 1. The molecule has 118 valence electrons. The zero-order chi connectivity index (χ0) is 15.5. The van der Waals surface area contributed by atoms with Crippen molar-refractivity contribution in [1.82, 2.24) is 10.0 Å². The molecule has 0 aromatic heterocycles. The van der Waals surface area contributed by atoms with Gasteiger partial charge >= 0.3 is 6.18 Å². The molecule has 0 radical (unpaired) electrons. The Morgan fingerprint density at radius 3 is 2.62 bits per heavy atom. The van der Waals surface area contributed by atoms with E-state index in [-0.39, 0.29) is 11.6 Å². The van der Waals surface area contributed by atoms with Crippen molar-refractivity contribution in [2.45, 2.75) is 30.8 Å². The monoisotopic (exact) mass is 322 g/mol. The molecule has 1 aromatic rings. The quantitative estimate of drug-likeness (QED) is 0.890. The largest absolute Gasteiger partial charge is 0.416 e. The smallest absolute Gasteiger partial charge is 0.315 e. The summed E-state index contributed by atoms with van der Waals surface area (Å²) in [6.07, 6.45) is -3.03. The fourth-order valence-corrected chi connectivity index (χ4v) is 3.83. The first-order chi connectivity index (χ1) is 9.78. The van der Waals surface area contributed by atoms with Crippen molar-refractivity contribution in [3.63, 3.8) is 0 Å². The second-order valence-electron chi connectivity index (χ2n) is 5.08. The standard InChI is InChI=1S/C13H17F3N2O2S/c14-13(15,16)12-6-2-1-4-10(12)9-21(19,20)18-11-5-3-7-17-8-11/h1-2,4,6,11,17-18H,3,5,7-9H2/t11-/m1/s1. The van der Waals surface area contributed by atoms with Gasteiger partial charge in [-0.3, -0.25) is 0 Å². The number of rotatable bonds is 4. The van der Waals surface area contributed by atoms with Crippen molar-refractivity contribution in [3.05, 3.63) is 35.4 Å². The van der Waals surface area contributed by atoms with Gasteiger partial charge < -0.3 is 5.32 Å². The zero-order valence-electron chi connectivity index (χ0n) is 11.3. The fourth-order valence-electron chi connectivity index (χ4n) is 2.38. The number of sulfonamides is 1. The lowest BCUT2D eigenvalue weighted by atomic mass is 10.1. The Hall–Kier alpha value is -1.12. The maximum Gasteiger partial charge on any atom is 0.416 e. The molecule has 0 bridgehead atoms. The van der Waals surface area contributed by atoms with E-state index in [1.165, 1.54) is 18.2 Å². The van der Waals surface area contributed by atoms with Crippen LogP contribution in [0.2, 0.25) is 0 Å². The minimum Gasteiger partial charge on any atom is -0.315 e. The maximum atomic E-state index is 12.9. The van der Waals surface area contributed by atoms with Crippen LogP contribution < -0.4 is 10.0 Å². The van der Waals surface area contributed by atoms with Crippen molar-refractivity contribution in [3.8, 4) is 0 Å². The van der Waals surface area contributed by atoms with Crippen LogP contribution in [-0.4, -0.2) is 27.5 Å². The predicted octanol–water partition coefficient (Wildman–Crippen LogP) is 1.88. The van der Waals surface area contributed by atoms with Gasteiger partial charge in [-0.2, -0.15) is 13.2 Å². The number of halogens is 3. The molecular formula is C13H17F3N2O2S. The summed E-state index contributed by atoms with van der Waals surface area (Å²) in [5.41, 5.74) is -1.14. The van der Waals surface area contributed by atoms with Crippen LogP contribution in [0.5, 0.6) is 0 Å². The van der Waals surface area contributed by atoms with E-state index in [0.29, 0.717) is 13.0 Å². The van der Waals surface area contributed by atoms with Gasteiger partial charge in [0.15, 0.2) is 0 Å². The van der Waals surface area contributed by atoms with Gasteiger partial charge in [-0.15, -0.1) is 0 Å². The highest BCUT2D eigenvalue weighted by Crippen LogP contribution is 2.32. The molecule has 1 aliphatic heterocycles. The number of alkyl halides is 3. The zero-order valence-corrected chi connectivity index (χ0v) is 12.1. The Morgan fingerprint density at radius 1 is 1.29 bits per heavy atom. The molecule has 2 N–H and O–H groups in total. The van der Waals surface area contributed by atoms with Gasteiger partial charge in [0.05, 0.1) is 11.3 Å². The van der Waals surface area contributed by atoms with E-state index in [0.717, 1.165) is 19.0 Å². The molecule has 0 unspecified atom stereocenters. The molecule has 1 aromatic carbocycles. The lowest BCUT2D eigenvalue weighted by Gasteiger charge is -2.24. The Morgan fingerprint density at radius 2 is 2.00 bits per heavy atom. The van der Waals surface area contributed by atoms with Crippen LogP contribution in [0.1, 0.15) is 24.0 Å². The van der Waals surface area contributed by atoms with E-state index in [9.17, 15) is 21.6 Å². The lowest BCUT2D eigenvalue weighted by Crippen LogP contribution is -2.45. The maximum absolute atomic E-state index is 12.9. The summed E-state index contributed by atoms with van der Waals surface area (Å²) in [6, 6.07) is 4.48. The highest BCUT2D eigenvalue weighted by atomic mass is 32.2. The first-order valence-corrected chi connectivity index (χ1v) is 8.29. The number of nitrogens with one attached hydrogen (secondary N) is 2. The van der Waals surface area contributed by atoms with Crippen molar-refractivity contribution < 1.29 is 21.6 Å². The average Bonchev–Trinajstić information content (AvgIpc) is 2.38. The topological polar surface area (TPSA) is 58.2 Å². The summed E-state index contributed by atoms with van der Waals surface area (Å²) in [6.45, 7) is 1.33. The van der Waals surface area contributed by atoms with Gasteiger partial charge in [0, 0.05) is 12.6 Å². The van der Waals surface area contributed by atoms with Crippen molar-refractivity contribution >= 4 is 10.0 Å².